The average Bonchev–Trinajstić information content (AvgIpc) is 3.15. The zero-order valence-corrected chi connectivity index (χ0v) is 14.1. The van der Waals surface area contributed by atoms with Crippen molar-refractivity contribution >= 4 is 29.0 Å². The molecule has 5 nitrogen and oxygen atoms in total. The number of nitrogens with one attached hydrogen (secondary N) is 1. The highest BCUT2D eigenvalue weighted by atomic mass is 35.5. The fraction of sp³-hybridized carbons (Fsp3) is 0.105. The van der Waals surface area contributed by atoms with Crippen molar-refractivity contribution in [3.05, 3.63) is 77.8 Å². The number of imidazole rings is 1. The van der Waals surface area contributed by atoms with Gasteiger partial charge in [-0.05, 0) is 48.5 Å². The second-order valence-corrected chi connectivity index (χ2v) is 5.93. The molecular weight excluding hydrogens is 338 g/mol. The third-order valence-electron chi connectivity index (χ3n) is 3.70. The summed E-state index contributed by atoms with van der Waals surface area (Å²) in [7, 11) is 0. The summed E-state index contributed by atoms with van der Waals surface area (Å²) in [5.74, 6) is -0.278. The van der Waals surface area contributed by atoms with E-state index in [1.54, 1.807) is 36.8 Å². The molecule has 0 radical (unpaired) electrons. The highest BCUT2D eigenvalue weighted by molar-refractivity contribution is 6.30. The van der Waals surface area contributed by atoms with Crippen molar-refractivity contribution in [3.8, 4) is 5.69 Å². The van der Waals surface area contributed by atoms with Crippen LogP contribution in [0.5, 0.6) is 0 Å². The predicted octanol–water partition coefficient (Wildman–Crippen LogP) is 4.13. The van der Waals surface area contributed by atoms with Crippen LogP contribution in [0.1, 0.15) is 23.2 Å². The van der Waals surface area contributed by atoms with Gasteiger partial charge >= 0.3 is 0 Å². The first-order valence-electron chi connectivity index (χ1n) is 7.79. The number of hydrogen-bond acceptors (Lipinski definition) is 3. The lowest BCUT2D eigenvalue weighted by molar-refractivity contribution is -0.116. The van der Waals surface area contributed by atoms with Gasteiger partial charge in [0.2, 0.25) is 5.91 Å². The van der Waals surface area contributed by atoms with Crippen LogP contribution in [0, 0.1) is 0 Å². The molecule has 1 N–H and O–H groups in total. The molecule has 1 aromatic heterocycles. The first kappa shape index (κ1) is 16.9. The number of halogens is 1. The molecule has 1 heterocycles. The fourth-order valence-electron chi connectivity index (χ4n) is 2.36. The zero-order chi connectivity index (χ0) is 17.6. The van der Waals surface area contributed by atoms with Gasteiger partial charge in [0.15, 0.2) is 5.78 Å². The van der Waals surface area contributed by atoms with Crippen molar-refractivity contribution < 1.29 is 9.59 Å². The van der Waals surface area contributed by atoms with E-state index in [4.69, 9.17) is 11.6 Å². The topological polar surface area (TPSA) is 64.0 Å². The van der Waals surface area contributed by atoms with Crippen LogP contribution in [-0.2, 0) is 4.79 Å². The van der Waals surface area contributed by atoms with E-state index in [-0.39, 0.29) is 24.5 Å². The Morgan fingerprint density at radius 2 is 1.72 bits per heavy atom. The minimum atomic E-state index is -0.197. The molecular formula is C19H16ClN3O2. The average molecular weight is 354 g/mol. The summed E-state index contributed by atoms with van der Waals surface area (Å²) in [5, 5.41) is 3.37. The van der Waals surface area contributed by atoms with Crippen LogP contribution in [0.15, 0.2) is 67.3 Å². The van der Waals surface area contributed by atoms with E-state index in [2.05, 4.69) is 10.3 Å². The van der Waals surface area contributed by atoms with Crippen molar-refractivity contribution in [1.29, 1.82) is 0 Å². The Kier molecular flexibility index (Phi) is 5.26. The number of nitrogens with zero attached hydrogens (tertiary/aromatic N) is 2. The van der Waals surface area contributed by atoms with Crippen molar-refractivity contribution in [2.24, 2.45) is 0 Å². The quantitative estimate of drug-likeness (QED) is 0.678. The van der Waals surface area contributed by atoms with E-state index in [1.807, 2.05) is 35.0 Å². The largest absolute Gasteiger partial charge is 0.326 e. The zero-order valence-electron chi connectivity index (χ0n) is 13.4. The standard InChI is InChI=1S/C19H16ClN3O2/c20-15-3-1-14(2-4-15)18(24)9-10-19(25)22-16-5-7-17(8-6-16)23-12-11-21-13-23/h1-8,11-13H,9-10H2,(H,22,25). The molecule has 0 bridgehead atoms. The second kappa shape index (κ2) is 7.77. The van der Waals surface area contributed by atoms with Crippen LogP contribution in [0.3, 0.4) is 0 Å². The summed E-state index contributed by atoms with van der Waals surface area (Å²) < 4.78 is 1.87. The molecule has 0 atom stereocenters. The molecule has 0 saturated heterocycles. The third kappa shape index (κ3) is 4.55. The van der Waals surface area contributed by atoms with Crippen LogP contribution in [0.25, 0.3) is 5.69 Å². The number of anilines is 1. The monoisotopic (exact) mass is 353 g/mol. The molecule has 3 aromatic rings. The number of rotatable bonds is 6. The first-order valence-corrected chi connectivity index (χ1v) is 8.16. The maximum Gasteiger partial charge on any atom is 0.224 e. The van der Waals surface area contributed by atoms with Gasteiger partial charge < -0.3 is 9.88 Å². The third-order valence-corrected chi connectivity index (χ3v) is 3.95. The molecule has 0 unspecified atom stereocenters. The molecule has 0 fully saturated rings. The van der Waals surface area contributed by atoms with Gasteiger partial charge in [0, 0.05) is 47.2 Å². The van der Waals surface area contributed by atoms with Crippen molar-refractivity contribution in [2.45, 2.75) is 12.8 Å². The Hall–Kier alpha value is -2.92. The molecule has 1 amide bonds. The minimum Gasteiger partial charge on any atom is -0.326 e. The number of Topliss-reactive ketones (excluding diaryl/α,β-unsaturated/α-hetero) is 1. The van der Waals surface area contributed by atoms with Crippen LogP contribution < -0.4 is 5.32 Å². The molecule has 0 saturated carbocycles. The SMILES string of the molecule is O=C(CCC(=O)c1ccc(Cl)cc1)Nc1ccc(-n2ccnc2)cc1. The van der Waals surface area contributed by atoms with Crippen molar-refractivity contribution in [2.75, 3.05) is 5.32 Å². The Morgan fingerprint density at radius 1 is 1.00 bits per heavy atom. The molecule has 0 aliphatic rings. The Labute approximate surface area is 150 Å². The van der Waals surface area contributed by atoms with Crippen molar-refractivity contribution in [1.82, 2.24) is 9.55 Å². The number of carbonyl (C=O) groups is 2. The number of aromatic nitrogens is 2. The molecule has 0 aliphatic heterocycles. The van der Waals surface area contributed by atoms with E-state index in [0.29, 0.717) is 16.3 Å². The van der Waals surface area contributed by atoms with E-state index >= 15 is 0 Å². The molecule has 0 aliphatic carbocycles. The van der Waals surface area contributed by atoms with Crippen LogP contribution in [-0.4, -0.2) is 21.2 Å². The molecule has 25 heavy (non-hydrogen) atoms. The van der Waals surface area contributed by atoms with E-state index in [1.165, 1.54) is 0 Å². The summed E-state index contributed by atoms with van der Waals surface area (Å²) in [4.78, 5) is 28.1. The van der Waals surface area contributed by atoms with Gasteiger partial charge in [-0.1, -0.05) is 11.6 Å². The smallest absolute Gasteiger partial charge is 0.224 e. The Morgan fingerprint density at radius 3 is 2.36 bits per heavy atom. The number of benzene rings is 2. The maximum atomic E-state index is 12.1. The minimum absolute atomic E-state index is 0.0812. The van der Waals surface area contributed by atoms with Gasteiger partial charge in [-0.25, -0.2) is 4.98 Å². The van der Waals surface area contributed by atoms with Gasteiger partial charge in [0.1, 0.15) is 0 Å². The Bertz CT molecular complexity index is 857. The second-order valence-electron chi connectivity index (χ2n) is 5.50. The molecule has 0 spiro atoms. The lowest BCUT2D eigenvalue weighted by Crippen LogP contribution is -2.13. The van der Waals surface area contributed by atoms with Crippen molar-refractivity contribution in [3.63, 3.8) is 0 Å². The summed E-state index contributed by atoms with van der Waals surface area (Å²) in [6, 6.07) is 14.1. The molecule has 2 aromatic carbocycles. The summed E-state index contributed by atoms with van der Waals surface area (Å²) >= 11 is 5.80. The molecule has 126 valence electrons. The van der Waals surface area contributed by atoms with E-state index < -0.39 is 0 Å². The predicted molar refractivity (Wildman–Crippen MR) is 97.2 cm³/mol. The number of amides is 1. The Balaban J connectivity index is 1.52. The highest BCUT2D eigenvalue weighted by Gasteiger charge is 2.09. The normalized spacial score (nSPS) is 10.4. The number of carbonyl (C=O) groups excluding carboxylic acids is 2. The fourth-order valence-corrected chi connectivity index (χ4v) is 2.49. The van der Waals surface area contributed by atoms with E-state index in [9.17, 15) is 9.59 Å². The van der Waals surface area contributed by atoms with Gasteiger partial charge in [0.25, 0.3) is 0 Å². The molecule has 6 heteroatoms. The van der Waals surface area contributed by atoms with Crippen LogP contribution >= 0.6 is 11.6 Å². The number of ketones is 1. The first-order chi connectivity index (χ1) is 12.1. The maximum absolute atomic E-state index is 12.1. The van der Waals surface area contributed by atoms with E-state index in [0.717, 1.165) is 5.69 Å². The lowest BCUT2D eigenvalue weighted by Gasteiger charge is -2.07. The molecule has 3 rings (SSSR count). The summed E-state index contributed by atoms with van der Waals surface area (Å²) in [6.07, 6.45) is 5.53. The van der Waals surface area contributed by atoms with Gasteiger partial charge in [-0.3, -0.25) is 9.59 Å². The highest BCUT2D eigenvalue weighted by Crippen LogP contribution is 2.15. The summed E-state index contributed by atoms with van der Waals surface area (Å²) in [5.41, 5.74) is 2.20. The van der Waals surface area contributed by atoms with Crippen LogP contribution in [0.4, 0.5) is 5.69 Å². The lowest BCUT2D eigenvalue weighted by atomic mass is 10.1. The van der Waals surface area contributed by atoms with Crippen LogP contribution in [0.2, 0.25) is 5.02 Å². The van der Waals surface area contributed by atoms with Gasteiger partial charge in [-0.2, -0.15) is 0 Å². The van der Waals surface area contributed by atoms with Gasteiger partial charge in [-0.15, -0.1) is 0 Å². The number of hydrogen-bond donors (Lipinski definition) is 1. The van der Waals surface area contributed by atoms with Gasteiger partial charge in [0.05, 0.1) is 6.33 Å². The summed E-state index contributed by atoms with van der Waals surface area (Å²) in [6.45, 7) is 0.